The summed E-state index contributed by atoms with van der Waals surface area (Å²) in [5, 5.41) is 3.48. The van der Waals surface area contributed by atoms with E-state index in [4.69, 9.17) is 0 Å². The zero-order valence-electron chi connectivity index (χ0n) is 12.4. The van der Waals surface area contributed by atoms with E-state index < -0.39 is 0 Å². The average molecular weight is 260 g/mol. The van der Waals surface area contributed by atoms with Crippen molar-refractivity contribution >= 4 is 0 Å². The molecule has 1 saturated carbocycles. The number of nitrogens with zero attached hydrogens (tertiary/aromatic N) is 1. The van der Waals surface area contributed by atoms with Gasteiger partial charge in [0.05, 0.1) is 0 Å². The van der Waals surface area contributed by atoms with Crippen LogP contribution < -0.4 is 5.32 Å². The van der Waals surface area contributed by atoms with E-state index >= 15 is 0 Å². The third kappa shape index (κ3) is 4.05. The van der Waals surface area contributed by atoms with Crippen LogP contribution >= 0.6 is 0 Å². The summed E-state index contributed by atoms with van der Waals surface area (Å²) in [4.78, 5) is 2.67. The highest BCUT2D eigenvalue weighted by Crippen LogP contribution is 2.24. The summed E-state index contributed by atoms with van der Waals surface area (Å²) < 4.78 is 0. The van der Waals surface area contributed by atoms with Crippen molar-refractivity contribution in [3.8, 4) is 0 Å². The summed E-state index contributed by atoms with van der Waals surface area (Å²) in [6, 6.07) is 12.1. The van der Waals surface area contributed by atoms with Gasteiger partial charge in [-0.05, 0) is 32.0 Å². The summed E-state index contributed by atoms with van der Waals surface area (Å²) in [5.41, 5.74) is 1.40. The Bertz CT molecular complexity index is 344. The zero-order chi connectivity index (χ0) is 13.5. The third-order valence-corrected chi connectivity index (χ3v) is 4.46. The van der Waals surface area contributed by atoms with Crippen molar-refractivity contribution in [1.29, 1.82) is 0 Å². The molecular formula is C17H28N2. The van der Waals surface area contributed by atoms with Crippen LogP contribution in [0.3, 0.4) is 0 Å². The molecule has 1 aliphatic carbocycles. The highest BCUT2D eigenvalue weighted by Gasteiger charge is 2.22. The van der Waals surface area contributed by atoms with Crippen LogP contribution in [0.4, 0.5) is 0 Å². The molecule has 2 heteroatoms. The zero-order valence-corrected chi connectivity index (χ0v) is 12.4. The predicted molar refractivity (Wildman–Crippen MR) is 82.4 cm³/mol. The molecule has 0 radical (unpaired) electrons. The Morgan fingerprint density at radius 1 is 1.16 bits per heavy atom. The number of likely N-dealkylation sites (N-methyl/N-ethyl adjacent to an activating group) is 2. The Labute approximate surface area is 118 Å². The smallest absolute Gasteiger partial charge is 0.0446 e. The molecule has 0 aromatic heterocycles. The first-order valence-electron chi connectivity index (χ1n) is 7.81. The highest BCUT2D eigenvalue weighted by molar-refractivity contribution is 5.19. The Hall–Kier alpha value is -0.860. The first-order valence-corrected chi connectivity index (χ1v) is 7.81. The van der Waals surface area contributed by atoms with Gasteiger partial charge in [-0.3, -0.25) is 4.90 Å². The van der Waals surface area contributed by atoms with Crippen LogP contribution in [0.25, 0.3) is 0 Å². The van der Waals surface area contributed by atoms with E-state index in [1.165, 1.54) is 37.7 Å². The lowest BCUT2D eigenvalue weighted by Crippen LogP contribution is -2.41. The lowest BCUT2D eigenvalue weighted by molar-refractivity contribution is 0.149. The molecule has 1 aromatic carbocycles. The van der Waals surface area contributed by atoms with Crippen molar-refractivity contribution in [2.75, 3.05) is 20.1 Å². The second-order valence-corrected chi connectivity index (χ2v) is 5.63. The predicted octanol–water partition coefficient (Wildman–Crippen LogP) is 3.60. The van der Waals surface area contributed by atoms with Crippen molar-refractivity contribution < 1.29 is 0 Å². The second-order valence-electron chi connectivity index (χ2n) is 5.63. The lowest BCUT2D eigenvalue weighted by Gasteiger charge is -2.36. The van der Waals surface area contributed by atoms with E-state index in [0.717, 1.165) is 19.1 Å². The van der Waals surface area contributed by atoms with Gasteiger partial charge in [-0.2, -0.15) is 0 Å². The van der Waals surface area contributed by atoms with E-state index in [9.17, 15) is 0 Å². The highest BCUT2D eigenvalue weighted by atomic mass is 15.2. The number of hydrogen-bond donors (Lipinski definition) is 1. The fourth-order valence-corrected chi connectivity index (χ4v) is 3.27. The molecule has 0 saturated heterocycles. The Balaban J connectivity index is 1.99. The molecule has 0 heterocycles. The van der Waals surface area contributed by atoms with Crippen molar-refractivity contribution in [2.24, 2.45) is 0 Å². The van der Waals surface area contributed by atoms with Crippen molar-refractivity contribution in [3.63, 3.8) is 0 Å². The minimum atomic E-state index is 0.447. The number of rotatable bonds is 6. The quantitative estimate of drug-likeness (QED) is 0.840. The number of hydrogen-bond acceptors (Lipinski definition) is 2. The molecule has 0 bridgehead atoms. The van der Waals surface area contributed by atoms with E-state index in [1.807, 2.05) is 0 Å². The molecule has 1 aliphatic rings. The second kappa shape index (κ2) is 7.66. The maximum atomic E-state index is 3.48. The Morgan fingerprint density at radius 2 is 1.84 bits per heavy atom. The summed E-state index contributed by atoms with van der Waals surface area (Å²) in [5.74, 6) is 0. The minimum absolute atomic E-state index is 0.447. The van der Waals surface area contributed by atoms with Crippen LogP contribution in [-0.2, 0) is 0 Å². The Morgan fingerprint density at radius 3 is 2.42 bits per heavy atom. The van der Waals surface area contributed by atoms with Crippen molar-refractivity contribution in [2.45, 2.75) is 51.1 Å². The molecule has 2 nitrogen and oxygen atoms in total. The molecule has 1 unspecified atom stereocenters. The van der Waals surface area contributed by atoms with Crippen molar-refractivity contribution in [3.05, 3.63) is 35.9 Å². The number of nitrogens with one attached hydrogen (secondary N) is 1. The maximum Gasteiger partial charge on any atom is 0.0446 e. The molecule has 0 amide bonds. The first-order chi connectivity index (χ1) is 9.35. The van der Waals surface area contributed by atoms with Gasteiger partial charge in [0.25, 0.3) is 0 Å². The van der Waals surface area contributed by atoms with Gasteiger partial charge in [0, 0.05) is 18.6 Å². The van der Waals surface area contributed by atoms with Crippen LogP contribution in [0, 0.1) is 0 Å². The maximum absolute atomic E-state index is 3.48. The van der Waals surface area contributed by atoms with E-state index in [-0.39, 0.29) is 0 Å². The van der Waals surface area contributed by atoms with E-state index in [2.05, 4.69) is 54.5 Å². The van der Waals surface area contributed by atoms with Crippen LogP contribution in [0.1, 0.15) is 50.6 Å². The van der Waals surface area contributed by atoms with Gasteiger partial charge in [0.2, 0.25) is 0 Å². The van der Waals surface area contributed by atoms with Gasteiger partial charge in [-0.25, -0.2) is 0 Å². The van der Waals surface area contributed by atoms with E-state index in [1.54, 1.807) is 0 Å². The summed E-state index contributed by atoms with van der Waals surface area (Å²) in [7, 11) is 2.08. The van der Waals surface area contributed by atoms with E-state index in [0.29, 0.717) is 6.04 Å². The fraction of sp³-hybridized carbons (Fsp3) is 0.647. The molecule has 1 aromatic rings. The Kier molecular flexibility index (Phi) is 5.87. The largest absolute Gasteiger partial charge is 0.312 e. The normalized spacial score (nSPS) is 18.7. The van der Waals surface area contributed by atoms with Crippen LogP contribution in [0.15, 0.2) is 30.3 Å². The number of benzene rings is 1. The average Bonchev–Trinajstić information content (AvgIpc) is 2.50. The molecule has 106 valence electrons. The molecule has 19 heavy (non-hydrogen) atoms. The van der Waals surface area contributed by atoms with Crippen LogP contribution in [0.5, 0.6) is 0 Å². The van der Waals surface area contributed by atoms with Gasteiger partial charge in [-0.15, -0.1) is 0 Å². The van der Waals surface area contributed by atoms with Crippen molar-refractivity contribution in [1.82, 2.24) is 10.2 Å². The molecular weight excluding hydrogens is 232 g/mol. The third-order valence-electron chi connectivity index (χ3n) is 4.46. The molecule has 1 N–H and O–H groups in total. The fourth-order valence-electron chi connectivity index (χ4n) is 3.27. The van der Waals surface area contributed by atoms with Gasteiger partial charge >= 0.3 is 0 Å². The molecule has 0 spiro atoms. The standard InChI is InChI=1S/C17H28N2/c1-3-19(16-12-8-5-9-13-16)14-17(18-2)15-10-6-4-7-11-15/h4,6-7,10-11,16-18H,3,5,8-9,12-14H2,1-2H3. The topological polar surface area (TPSA) is 15.3 Å². The minimum Gasteiger partial charge on any atom is -0.312 e. The molecule has 1 fully saturated rings. The molecule has 0 aliphatic heterocycles. The SMILES string of the molecule is CCN(CC(NC)c1ccccc1)C1CCCCC1. The van der Waals surface area contributed by atoms with Gasteiger partial charge in [0.15, 0.2) is 0 Å². The summed E-state index contributed by atoms with van der Waals surface area (Å²) in [6.07, 6.45) is 7.04. The molecule has 1 atom stereocenters. The molecule has 2 rings (SSSR count). The first kappa shape index (κ1) is 14.5. The van der Waals surface area contributed by atoms with Crippen LogP contribution in [-0.4, -0.2) is 31.1 Å². The lowest BCUT2D eigenvalue weighted by atomic mass is 9.93. The van der Waals surface area contributed by atoms with Gasteiger partial charge in [-0.1, -0.05) is 56.5 Å². The van der Waals surface area contributed by atoms with Gasteiger partial charge in [0.1, 0.15) is 0 Å². The summed E-state index contributed by atoms with van der Waals surface area (Å²) in [6.45, 7) is 4.59. The van der Waals surface area contributed by atoms with Crippen LogP contribution in [0.2, 0.25) is 0 Å². The van der Waals surface area contributed by atoms with Gasteiger partial charge < -0.3 is 5.32 Å². The monoisotopic (exact) mass is 260 g/mol. The summed E-state index contributed by atoms with van der Waals surface area (Å²) >= 11 is 0.